The first-order valence-electron chi connectivity index (χ1n) is 7.55. The number of nitrogens with zero attached hydrogens (tertiary/aromatic N) is 3. The lowest BCUT2D eigenvalue weighted by atomic mass is 9.83. The molecule has 0 N–H and O–H groups in total. The van der Waals surface area contributed by atoms with Gasteiger partial charge in [-0.05, 0) is 55.3 Å². The molecule has 0 spiro atoms. The minimum absolute atomic E-state index is 0.363. The number of halogens is 1. The normalized spacial score (nSPS) is 11.4. The standard InChI is InChI=1S/C19H16FN3O/c1-19(2,12-21)17-8-16(20)5-4-14(17)9-23-10-15-7-13(11-24)3-6-18(15)22-23/h3-8,10-11H,9H2,1-2H3. The zero-order valence-electron chi connectivity index (χ0n) is 13.5. The highest BCUT2D eigenvalue weighted by Gasteiger charge is 2.24. The Labute approximate surface area is 139 Å². The summed E-state index contributed by atoms with van der Waals surface area (Å²) >= 11 is 0. The van der Waals surface area contributed by atoms with Crippen LogP contribution in [0.15, 0.2) is 42.6 Å². The van der Waals surface area contributed by atoms with Crippen molar-refractivity contribution in [3.8, 4) is 6.07 Å². The van der Waals surface area contributed by atoms with Crippen molar-refractivity contribution in [2.24, 2.45) is 0 Å². The van der Waals surface area contributed by atoms with Gasteiger partial charge < -0.3 is 0 Å². The predicted molar refractivity (Wildman–Crippen MR) is 89.3 cm³/mol. The predicted octanol–water partition coefficient (Wildman–Crippen LogP) is 3.84. The van der Waals surface area contributed by atoms with E-state index in [1.54, 1.807) is 42.8 Å². The Bertz CT molecular complexity index is 966. The van der Waals surface area contributed by atoms with E-state index in [1.165, 1.54) is 12.1 Å². The van der Waals surface area contributed by atoms with Crippen molar-refractivity contribution in [1.29, 1.82) is 5.26 Å². The molecule has 0 saturated carbocycles. The summed E-state index contributed by atoms with van der Waals surface area (Å²) in [5.74, 6) is -0.363. The van der Waals surface area contributed by atoms with Crippen LogP contribution in [0.3, 0.4) is 0 Å². The minimum atomic E-state index is -0.797. The Morgan fingerprint density at radius 2 is 2.08 bits per heavy atom. The molecule has 0 fully saturated rings. The minimum Gasteiger partial charge on any atom is -0.298 e. The molecule has 0 unspecified atom stereocenters. The quantitative estimate of drug-likeness (QED) is 0.686. The van der Waals surface area contributed by atoms with E-state index in [4.69, 9.17) is 0 Å². The fraction of sp³-hybridized carbons (Fsp3) is 0.211. The molecular weight excluding hydrogens is 305 g/mol. The van der Waals surface area contributed by atoms with Gasteiger partial charge in [-0.1, -0.05) is 6.07 Å². The van der Waals surface area contributed by atoms with Crippen LogP contribution < -0.4 is 0 Å². The lowest BCUT2D eigenvalue weighted by molar-refractivity contribution is 0.112. The van der Waals surface area contributed by atoms with E-state index in [0.717, 1.165) is 22.8 Å². The van der Waals surface area contributed by atoms with E-state index in [-0.39, 0.29) is 5.82 Å². The van der Waals surface area contributed by atoms with Crippen LogP contribution in [0.2, 0.25) is 0 Å². The van der Waals surface area contributed by atoms with Crippen LogP contribution in [-0.2, 0) is 12.0 Å². The van der Waals surface area contributed by atoms with Crippen LogP contribution in [0.25, 0.3) is 10.9 Å². The third-order valence-electron chi connectivity index (χ3n) is 4.07. The number of nitriles is 1. The van der Waals surface area contributed by atoms with Gasteiger partial charge in [0.1, 0.15) is 12.1 Å². The smallest absolute Gasteiger partial charge is 0.150 e. The van der Waals surface area contributed by atoms with Crippen LogP contribution in [0.5, 0.6) is 0 Å². The summed E-state index contributed by atoms with van der Waals surface area (Å²) in [6.07, 6.45) is 2.64. The van der Waals surface area contributed by atoms with E-state index in [9.17, 15) is 14.4 Å². The molecule has 0 saturated heterocycles. The summed E-state index contributed by atoms with van der Waals surface area (Å²) in [6, 6.07) is 12.0. The highest BCUT2D eigenvalue weighted by atomic mass is 19.1. The number of rotatable bonds is 4. The molecule has 0 atom stereocenters. The number of hydrogen-bond donors (Lipinski definition) is 0. The zero-order chi connectivity index (χ0) is 17.3. The maximum atomic E-state index is 13.6. The van der Waals surface area contributed by atoms with Gasteiger partial charge in [-0.25, -0.2) is 4.39 Å². The van der Waals surface area contributed by atoms with Crippen molar-refractivity contribution in [3.63, 3.8) is 0 Å². The summed E-state index contributed by atoms with van der Waals surface area (Å²) in [6.45, 7) is 3.95. The maximum absolute atomic E-state index is 13.6. The number of aromatic nitrogens is 2. The Balaban J connectivity index is 2.03. The topological polar surface area (TPSA) is 58.7 Å². The molecule has 0 radical (unpaired) electrons. The Hall–Kier alpha value is -3.00. The molecule has 24 heavy (non-hydrogen) atoms. The lowest BCUT2D eigenvalue weighted by Gasteiger charge is -2.20. The van der Waals surface area contributed by atoms with Gasteiger partial charge in [0.2, 0.25) is 0 Å². The third-order valence-corrected chi connectivity index (χ3v) is 4.07. The summed E-state index contributed by atoms with van der Waals surface area (Å²) in [7, 11) is 0. The number of aldehydes is 1. The molecule has 120 valence electrons. The van der Waals surface area contributed by atoms with Crippen molar-refractivity contribution in [2.75, 3.05) is 0 Å². The fourth-order valence-corrected chi connectivity index (χ4v) is 2.75. The van der Waals surface area contributed by atoms with Gasteiger partial charge in [-0.3, -0.25) is 9.48 Å². The highest BCUT2D eigenvalue weighted by Crippen LogP contribution is 2.27. The molecule has 0 aliphatic rings. The van der Waals surface area contributed by atoms with E-state index < -0.39 is 5.41 Å². The third kappa shape index (κ3) is 2.91. The number of benzene rings is 2. The molecular formula is C19H16FN3O. The molecule has 0 bridgehead atoms. The molecule has 3 rings (SSSR count). The summed E-state index contributed by atoms with van der Waals surface area (Å²) in [4.78, 5) is 10.9. The molecule has 4 nitrogen and oxygen atoms in total. The second-order valence-corrected chi connectivity index (χ2v) is 6.30. The summed E-state index contributed by atoms with van der Waals surface area (Å²) in [5.41, 5.74) is 2.07. The van der Waals surface area contributed by atoms with Crippen LogP contribution in [0.1, 0.15) is 35.3 Å². The Morgan fingerprint density at radius 1 is 1.29 bits per heavy atom. The van der Waals surface area contributed by atoms with Gasteiger partial charge in [0.15, 0.2) is 0 Å². The number of fused-ring (bicyclic) bond motifs is 1. The molecule has 0 aliphatic heterocycles. The van der Waals surface area contributed by atoms with Crippen LogP contribution >= 0.6 is 0 Å². The average molecular weight is 321 g/mol. The molecule has 5 heteroatoms. The van der Waals surface area contributed by atoms with E-state index in [2.05, 4.69) is 11.2 Å². The van der Waals surface area contributed by atoms with Gasteiger partial charge in [0, 0.05) is 17.1 Å². The number of carbonyl (C=O) groups excluding carboxylic acids is 1. The first-order valence-corrected chi connectivity index (χ1v) is 7.55. The molecule has 1 aromatic heterocycles. The van der Waals surface area contributed by atoms with Crippen molar-refractivity contribution in [3.05, 3.63) is 65.1 Å². The van der Waals surface area contributed by atoms with Gasteiger partial charge in [0.05, 0.1) is 23.5 Å². The maximum Gasteiger partial charge on any atom is 0.150 e. The van der Waals surface area contributed by atoms with Crippen molar-refractivity contribution < 1.29 is 9.18 Å². The lowest BCUT2D eigenvalue weighted by Crippen LogP contribution is -2.18. The highest BCUT2D eigenvalue weighted by molar-refractivity contribution is 5.86. The number of hydrogen-bond acceptors (Lipinski definition) is 3. The van der Waals surface area contributed by atoms with Crippen LogP contribution in [0, 0.1) is 17.1 Å². The zero-order valence-corrected chi connectivity index (χ0v) is 13.5. The average Bonchev–Trinajstić information content (AvgIpc) is 2.97. The van der Waals surface area contributed by atoms with Crippen molar-refractivity contribution >= 4 is 17.2 Å². The summed E-state index contributed by atoms with van der Waals surface area (Å²) in [5, 5.41) is 14.7. The fourth-order valence-electron chi connectivity index (χ4n) is 2.75. The van der Waals surface area contributed by atoms with Gasteiger partial charge in [-0.15, -0.1) is 0 Å². The first kappa shape index (κ1) is 15.9. The monoisotopic (exact) mass is 321 g/mol. The van der Waals surface area contributed by atoms with Crippen molar-refractivity contribution in [1.82, 2.24) is 9.78 Å². The number of carbonyl (C=O) groups is 1. The van der Waals surface area contributed by atoms with Gasteiger partial charge in [0.25, 0.3) is 0 Å². The molecule has 0 aliphatic carbocycles. The molecule has 3 aromatic rings. The van der Waals surface area contributed by atoms with Crippen molar-refractivity contribution in [2.45, 2.75) is 25.8 Å². The van der Waals surface area contributed by atoms with E-state index in [0.29, 0.717) is 17.7 Å². The second-order valence-electron chi connectivity index (χ2n) is 6.30. The Morgan fingerprint density at radius 3 is 2.79 bits per heavy atom. The largest absolute Gasteiger partial charge is 0.298 e. The second kappa shape index (κ2) is 5.89. The SMILES string of the molecule is CC(C)(C#N)c1cc(F)ccc1Cn1cc2cc(C=O)ccc2n1. The van der Waals surface area contributed by atoms with E-state index in [1.807, 2.05) is 6.20 Å². The first-order chi connectivity index (χ1) is 11.4. The molecule has 1 heterocycles. The summed E-state index contributed by atoms with van der Waals surface area (Å²) < 4.78 is 15.4. The van der Waals surface area contributed by atoms with Crippen LogP contribution in [0.4, 0.5) is 4.39 Å². The van der Waals surface area contributed by atoms with Gasteiger partial charge >= 0.3 is 0 Å². The van der Waals surface area contributed by atoms with Crippen LogP contribution in [-0.4, -0.2) is 16.1 Å². The van der Waals surface area contributed by atoms with E-state index >= 15 is 0 Å². The van der Waals surface area contributed by atoms with Gasteiger partial charge in [-0.2, -0.15) is 10.4 Å². The molecule has 2 aromatic carbocycles. The molecule has 0 amide bonds. The Kier molecular flexibility index (Phi) is 3.90.